The summed E-state index contributed by atoms with van der Waals surface area (Å²) in [4.78, 5) is 4.55. The Balaban J connectivity index is 2.03. The van der Waals surface area contributed by atoms with Crippen LogP contribution in [-0.2, 0) is 6.54 Å². The Hall–Kier alpha value is -1.25. The summed E-state index contributed by atoms with van der Waals surface area (Å²) in [6.45, 7) is 8.99. The molecule has 0 amide bonds. The van der Waals surface area contributed by atoms with Crippen molar-refractivity contribution in [3.63, 3.8) is 0 Å². The number of aryl methyl sites for hydroxylation is 1. The van der Waals surface area contributed by atoms with Crippen molar-refractivity contribution in [2.75, 3.05) is 5.32 Å². The van der Waals surface area contributed by atoms with Gasteiger partial charge < -0.3 is 9.88 Å². The average molecular weight is 233 g/mol. The van der Waals surface area contributed by atoms with Crippen LogP contribution in [0.5, 0.6) is 0 Å². The Morgan fingerprint density at radius 3 is 3.12 bits per heavy atom. The van der Waals surface area contributed by atoms with Gasteiger partial charge in [-0.3, -0.25) is 0 Å². The highest BCUT2D eigenvalue weighted by molar-refractivity contribution is 5.30. The quantitative estimate of drug-likeness (QED) is 0.808. The van der Waals surface area contributed by atoms with E-state index < -0.39 is 0 Å². The molecule has 1 aromatic rings. The van der Waals surface area contributed by atoms with Gasteiger partial charge in [-0.05, 0) is 25.7 Å². The van der Waals surface area contributed by atoms with Gasteiger partial charge in [0.2, 0.25) is 5.95 Å². The summed E-state index contributed by atoms with van der Waals surface area (Å²) in [5.74, 6) is 1.84. The Kier molecular flexibility index (Phi) is 3.87. The van der Waals surface area contributed by atoms with Crippen molar-refractivity contribution < 1.29 is 0 Å². The van der Waals surface area contributed by atoms with Gasteiger partial charge in [0, 0.05) is 18.8 Å². The van der Waals surface area contributed by atoms with E-state index in [2.05, 4.69) is 34.6 Å². The van der Waals surface area contributed by atoms with E-state index >= 15 is 0 Å². The first kappa shape index (κ1) is 12.2. The topological polar surface area (TPSA) is 29.9 Å². The van der Waals surface area contributed by atoms with Crippen LogP contribution in [0.2, 0.25) is 0 Å². The molecule has 2 unspecified atom stereocenters. The molecule has 1 heterocycles. The van der Waals surface area contributed by atoms with E-state index in [1.54, 1.807) is 0 Å². The minimum absolute atomic E-state index is 0.587. The molecule has 1 saturated carbocycles. The third-order valence-electron chi connectivity index (χ3n) is 3.49. The minimum Gasteiger partial charge on any atom is -0.353 e. The van der Waals surface area contributed by atoms with Crippen molar-refractivity contribution in [1.82, 2.24) is 9.55 Å². The van der Waals surface area contributed by atoms with E-state index in [4.69, 9.17) is 0 Å². The molecule has 3 nitrogen and oxygen atoms in total. The van der Waals surface area contributed by atoms with Crippen LogP contribution < -0.4 is 5.32 Å². The van der Waals surface area contributed by atoms with E-state index in [9.17, 15) is 0 Å². The van der Waals surface area contributed by atoms with E-state index in [0.717, 1.165) is 24.1 Å². The summed E-state index contributed by atoms with van der Waals surface area (Å²) in [6, 6.07) is 0.587. The second-order valence-corrected chi connectivity index (χ2v) is 5.26. The first-order chi connectivity index (χ1) is 8.19. The van der Waals surface area contributed by atoms with E-state index in [0.29, 0.717) is 6.04 Å². The summed E-state index contributed by atoms with van der Waals surface area (Å²) in [6.07, 6.45) is 9.23. The highest BCUT2D eigenvalue weighted by Crippen LogP contribution is 2.26. The third-order valence-corrected chi connectivity index (χ3v) is 3.49. The van der Waals surface area contributed by atoms with Crippen LogP contribution in [-0.4, -0.2) is 15.6 Å². The van der Waals surface area contributed by atoms with Gasteiger partial charge in [-0.2, -0.15) is 0 Å². The van der Waals surface area contributed by atoms with E-state index in [1.165, 1.54) is 25.7 Å². The summed E-state index contributed by atoms with van der Waals surface area (Å²) in [5, 5.41) is 3.59. The van der Waals surface area contributed by atoms with Crippen LogP contribution in [0.15, 0.2) is 18.9 Å². The molecular weight excluding hydrogens is 210 g/mol. The van der Waals surface area contributed by atoms with Crippen LogP contribution in [0, 0.1) is 12.8 Å². The second-order valence-electron chi connectivity index (χ2n) is 5.26. The predicted octanol–water partition coefficient (Wildman–Crippen LogP) is 3.37. The van der Waals surface area contributed by atoms with Gasteiger partial charge in [0.1, 0.15) is 0 Å². The molecule has 2 rings (SSSR count). The summed E-state index contributed by atoms with van der Waals surface area (Å²) in [5.41, 5.74) is 1.07. The molecule has 0 bridgehead atoms. The van der Waals surface area contributed by atoms with Gasteiger partial charge in [-0.25, -0.2) is 4.98 Å². The second kappa shape index (κ2) is 5.39. The van der Waals surface area contributed by atoms with Crippen molar-refractivity contribution in [1.29, 1.82) is 0 Å². The van der Waals surface area contributed by atoms with Crippen molar-refractivity contribution in [3.8, 4) is 0 Å². The number of imidazole rings is 1. The highest BCUT2D eigenvalue weighted by atomic mass is 15.2. The van der Waals surface area contributed by atoms with Crippen molar-refractivity contribution in [3.05, 3.63) is 24.5 Å². The molecule has 94 valence electrons. The number of hydrogen-bond acceptors (Lipinski definition) is 2. The fourth-order valence-corrected chi connectivity index (χ4v) is 2.69. The maximum atomic E-state index is 4.55. The summed E-state index contributed by atoms with van der Waals surface area (Å²) >= 11 is 0. The largest absolute Gasteiger partial charge is 0.353 e. The van der Waals surface area contributed by atoms with E-state index in [-0.39, 0.29) is 0 Å². The van der Waals surface area contributed by atoms with Crippen LogP contribution in [0.25, 0.3) is 0 Å². The van der Waals surface area contributed by atoms with Gasteiger partial charge in [0.25, 0.3) is 0 Å². The maximum Gasteiger partial charge on any atom is 0.203 e. The molecule has 1 fully saturated rings. The van der Waals surface area contributed by atoms with Gasteiger partial charge >= 0.3 is 0 Å². The minimum atomic E-state index is 0.587. The lowest BCUT2D eigenvalue weighted by atomic mass is 9.87. The zero-order valence-corrected chi connectivity index (χ0v) is 10.9. The Morgan fingerprint density at radius 2 is 2.41 bits per heavy atom. The van der Waals surface area contributed by atoms with Crippen molar-refractivity contribution in [2.45, 2.75) is 52.1 Å². The summed E-state index contributed by atoms with van der Waals surface area (Å²) in [7, 11) is 0. The number of anilines is 1. The predicted molar refractivity (Wildman–Crippen MR) is 72.2 cm³/mol. The molecule has 0 radical (unpaired) electrons. The maximum absolute atomic E-state index is 4.55. The number of nitrogens with one attached hydrogen (secondary N) is 1. The SMILES string of the molecule is C=CCn1cc(C)nc1NC1CCCC(C)C1. The lowest BCUT2D eigenvalue weighted by Crippen LogP contribution is -2.27. The highest BCUT2D eigenvalue weighted by Gasteiger charge is 2.20. The third kappa shape index (κ3) is 3.11. The van der Waals surface area contributed by atoms with Gasteiger partial charge in [-0.1, -0.05) is 25.8 Å². The molecular formula is C14H23N3. The van der Waals surface area contributed by atoms with Crippen LogP contribution in [0.3, 0.4) is 0 Å². The molecule has 1 aromatic heterocycles. The standard InChI is InChI=1S/C14H23N3/c1-4-8-17-10-12(3)15-14(17)16-13-7-5-6-11(2)9-13/h4,10-11,13H,1,5-9H2,2-3H3,(H,15,16). The normalized spacial score (nSPS) is 24.6. The average Bonchev–Trinajstić information content (AvgIpc) is 2.59. The Morgan fingerprint density at radius 1 is 1.59 bits per heavy atom. The zero-order valence-electron chi connectivity index (χ0n) is 10.9. The molecule has 1 aliphatic rings. The Bertz CT molecular complexity index is 381. The van der Waals surface area contributed by atoms with Gasteiger partial charge in [0.15, 0.2) is 0 Å². The van der Waals surface area contributed by atoms with Crippen LogP contribution in [0.4, 0.5) is 5.95 Å². The van der Waals surface area contributed by atoms with Crippen LogP contribution >= 0.6 is 0 Å². The monoisotopic (exact) mass is 233 g/mol. The lowest BCUT2D eigenvalue weighted by molar-refractivity contribution is 0.357. The zero-order chi connectivity index (χ0) is 12.3. The Labute approximate surface area is 104 Å². The molecule has 17 heavy (non-hydrogen) atoms. The van der Waals surface area contributed by atoms with Crippen LogP contribution in [0.1, 0.15) is 38.3 Å². The fourth-order valence-electron chi connectivity index (χ4n) is 2.69. The van der Waals surface area contributed by atoms with Gasteiger partial charge in [0.05, 0.1) is 5.69 Å². The molecule has 0 spiro atoms. The first-order valence-electron chi connectivity index (χ1n) is 6.60. The number of rotatable bonds is 4. The smallest absolute Gasteiger partial charge is 0.203 e. The number of hydrogen-bond donors (Lipinski definition) is 1. The van der Waals surface area contributed by atoms with Gasteiger partial charge in [-0.15, -0.1) is 6.58 Å². The van der Waals surface area contributed by atoms with E-state index in [1.807, 2.05) is 13.0 Å². The fraction of sp³-hybridized carbons (Fsp3) is 0.643. The molecule has 1 N–H and O–H groups in total. The first-order valence-corrected chi connectivity index (χ1v) is 6.60. The lowest BCUT2D eigenvalue weighted by Gasteiger charge is -2.27. The number of nitrogens with zero attached hydrogens (tertiary/aromatic N) is 2. The molecule has 1 aliphatic carbocycles. The number of allylic oxidation sites excluding steroid dienone is 1. The molecule has 2 atom stereocenters. The number of aromatic nitrogens is 2. The molecule has 0 aromatic carbocycles. The molecule has 0 saturated heterocycles. The molecule has 0 aliphatic heterocycles. The summed E-state index contributed by atoms with van der Waals surface area (Å²) < 4.78 is 2.14. The van der Waals surface area contributed by atoms with Crippen molar-refractivity contribution >= 4 is 5.95 Å². The molecule has 3 heteroatoms. The van der Waals surface area contributed by atoms with Crippen molar-refractivity contribution in [2.24, 2.45) is 5.92 Å².